The molecule has 2 aliphatic rings. The van der Waals surface area contributed by atoms with Crippen molar-refractivity contribution < 1.29 is 14.4 Å². The van der Waals surface area contributed by atoms with Gasteiger partial charge in [0.05, 0.1) is 17.3 Å². The van der Waals surface area contributed by atoms with Crippen LogP contribution in [0, 0.1) is 0 Å². The molecule has 0 saturated carbocycles. The van der Waals surface area contributed by atoms with Gasteiger partial charge in [-0.15, -0.1) is 0 Å². The van der Waals surface area contributed by atoms with Crippen LogP contribution in [0.15, 0.2) is 66.4 Å². The van der Waals surface area contributed by atoms with Gasteiger partial charge in [0.2, 0.25) is 0 Å². The van der Waals surface area contributed by atoms with Gasteiger partial charge in [0.25, 0.3) is 11.8 Å². The zero-order valence-electron chi connectivity index (χ0n) is 17.0. The fourth-order valence-electron chi connectivity index (χ4n) is 3.96. The molecule has 1 fully saturated rings. The minimum Gasteiger partial charge on any atom is -0.366 e. The summed E-state index contributed by atoms with van der Waals surface area (Å²) in [5.41, 5.74) is 2.02. The molecule has 2 heterocycles. The Balaban J connectivity index is 1.40. The summed E-state index contributed by atoms with van der Waals surface area (Å²) < 4.78 is 0. The number of imide groups is 1. The summed E-state index contributed by atoms with van der Waals surface area (Å²) in [5.74, 6) is -0.665. The number of nitrogens with zero attached hydrogens (tertiary/aromatic N) is 2. The van der Waals surface area contributed by atoms with Crippen LogP contribution in [0.25, 0.3) is 0 Å². The molecule has 2 aromatic rings. The quantitative estimate of drug-likeness (QED) is 0.679. The molecule has 4 rings (SSSR count). The third-order valence-electron chi connectivity index (χ3n) is 5.51. The highest BCUT2D eigenvalue weighted by Crippen LogP contribution is 2.29. The van der Waals surface area contributed by atoms with Crippen LogP contribution in [0.5, 0.6) is 0 Å². The Morgan fingerprint density at radius 3 is 2.52 bits per heavy atom. The molecular formula is C23H23ClN4O3. The van der Waals surface area contributed by atoms with Gasteiger partial charge in [0.15, 0.2) is 0 Å². The first kappa shape index (κ1) is 20.9. The Morgan fingerprint density at radius 2 is 1.81 bits per heavy atom. The third kappa shape index (κ3) is 4.27. The molecule has 2 N–H and O–H groups in total. The molecule has 0 aliphatic carbocycles. The van der Waals surface area contributed by atoms with Crippen LogP contribution in [0.4, 0.5) is 10.5 Å². The van der Waals surface area contributed by atoms with Gasteiger partial charge >= 0.3 is 6.03 Å². The summed E-state index contributed by atoms with van der Waals surface area (Å²) in [4.78, 5) is 41.4. The van der Waals surface area contributed by atoms with Gasteiger partial charge in [-0.2, -0.15) is 0 Å². The van der Waals surface area contributed by atoms with Crippen LogP contribution >= 0.6 is 11.6 Å². The number of urea groups is 1. The van der Waals surface area contributed by atoms with Crippen molar-refractivity contribution in [3.05, 3.63) is 77.0 Å². The Morgan fingerprint density at radius 1 is 1.10 bits per heavy atom. The van der Waals surface area contributed by atoms with E-state index < -0.39 is 18.1 Å². The van der Waals surface area contributed by atoms with E-state index >= 15 is 0 Å². The van der Waals surface area contributed by atoms with Crippen LogP contribution in [0.2, 0.25) is 5.02 Å². The van der Waals surface area contributed by atoms with Crippen molar-refractivity contribution in [2.75, 3.05) is 18.5 Å². The third-order valence-corrected chi connectivity index (χ3v) is 5.76. The summed E-state index contributed by atoms with van der Waals surface area (Å²) in [6.45, 7) is 0.505. The number of nitrogens with one attached hydrogen (secondary N) is 2. The van der Waals surface area contributed by atoms with Crippen LogP contribution < -0.4 is 15.5 Å². The van der Waals surface area contributed by atoms with E-state index in [0.29, 0.717) is 22.8 Å². The first-order chi connectivity index (χ1) is 15.0. The minimum atomic E-state index is -0.692. The molecule has 1 saturated heterocycles. The van der Waals surface area contributed by atoms with Crippen molar-refractivity contribution in [2.45, 2.75) is 24.9 Å². The normalized spacial score (nSPS) is 20.3. The number of benzene rings is 2. The Hall–Kier alpha value is -3.32. The maximum atomic E-state index is 13.1. The predicted molar refractivity (Wildman–Crippen MR) is 119 cm³/mol. The molecule has 2 aliphatic heterocycles. The first-order valence-corrected chi connectivity index (χ1v) is 10.5. The number of likely N-dealkylation sites (N-methyl/N-ethyl adjacent to an activating group) is 1. The molecule has 0 aromatic heterocycles. The van der Waals surface area contributed by atoms with Crippen LogP contribution in [0.3, 0.4) is 0 Å². The molecule has 4 amide bonds. The maximum absolute atomic E-state index is 13.1. The summed E-state index contributed by atoms with van der Waals surface area (Å²) in [6, 6.07) is 14.6. The molecule has 8 heteroatoms. The van der Waals surface area contributed by atoms with Crippen molar-refractivity contribution >= 4 is 35.1 Å². The van der Waals surface area contributed by atoms with Gasteiger partial charge in [-0.25, -0.2) is 9.69 Å². The summed E-state index contributed by atoms with van der Waals surface area (Å²) in [6.07, 6.45) is 3.28. The highest BCUT2D eigenvalue weighted by Gasteiger charge is 2.49. The number of halogens is 1. The van der Waals surface area contributed by atoms with Crippen LogP contribution in [-0.2, 0) is 16.0 Å². The zero-order chi connectivity index (χ0) is 22.0. The maximum Gasteiger partial charge on any atom is 0.329 e. The number of aryl methyl sites for hydroxylation is 1. The molecule has 2 atom stereocenters. The molecule has 2 unspecified atom stereocenters. The van der Waals surface area contributed by atoms with Crippen molar-refractivity contribution in [2.24, 2.45) is 0 Å². The van der Waals surface area contributed by atoms with Gasteiger partial charge < -0.3 is 15.5 Å². The fourth-order valence-corrected chi connectivity index (χ4v) is 4.09. The Kier molecular flexibility index (Phi) is 5.95. The van der Waals surface area contributed by atoms with Gasteiger partial charge in [-0.05, 0) is 42.7 Å². The number of hydrogen-bond acceptors (Lipinski definition) is 4. The van der Waals surface area contributed by atoms with E-state index in [9.17, 15) is 14.4 Å². The number of fused-ring (bicyclic) bond motifs is 1. The predicted octanol–water partition coefficient (Wildman–Crippen LogP) is 2.71. The van der Waals surface area contributed by atoms with Crippen molar-refractivity contribution in [3.63, 3.8) is 0 Å². The highest BCUT2D eigenvalue weighted by atomic mass is 35.5. The molecule has 7 nitrogen and oxygen atoms in total. The molecular weight excluding hydrogens is 416 g/mol. The van der Waals surface area contributed by atoms with E-state index in [1.165, 1.54) is 5.56 Å². The first-order valence-electron chi connectivity index (χ1n) is 10.1. The molecule has 2 aromatic carbocycles. The largest absolute Gasteiger partial charge is 0.366 e. The van der Waals surface area contributed by atoms with E-state index in [-0.39, 0.29) is 11.8 Å². The number of hydrogen-bond donors (Lipinski definition) is 2. The van der Waals surface area contributed by atoms with Gasteiger partial charge in [0, 0.05) is 24.8 Å². The molecule has 160 valence electrons. The van der Waals surface area contributed by atoms with Crippen LogP contribution in [-0.4, -0.2) is 48.4 Å². The van der Waals surface area contributed by atoms with E-state index in [1.807, 2.05) is 18.2 Å². The Bertz CT molecular complexity index is 1020. The van der Waals surface area contributed by atoms with Crippen molar-refractivity contribution in [1.82, 2.24) is 15.5 Å². The standard InChI is InChI=1S/C23H23ClN4O3/c1-27-14-18(21(29)25-13-5-8-15-6-3-2-4-7-15)19-20(27)22(30)28(23(31)26-19)17-11-9-16(24)10-12-17/h2-4,6-7,9-12,14,19-20H,5,8,13H2,1H3,(H,25,29)(H,26,31). The summed E-state index contributed by atoms with van der Waals surface area (Å²) in [7, 11) is 1.72. The zero-order valence-corrected chi connectivity index (χ0v) is 17.8. The lowest BCUT2D eigenvalue weighted by Gasteiger charge is -2.37. The number of carbonyl (C=O) groups excluding carboxylic acids is 3. The summed E-state index contributed by atoms with van der Waals surface area (Å²) >= 11 is 5.91. The Labute approximate surface area is 185 Å². The average Bonchev–Trinajstić information content (AvgIpc) is 3.09. The number of carbonyl (C=O) groups is 3. The molecule has 0 bridgehead atoms. The lowest BCUT2D eigenvalue weighted by atomic mass is 9.99. The molecule has 0 spiro atoms. The van der Waals surface area contributed by atoms with Gasteiger partial charge in [0.1, 0.15) is 6.04 Å². The minimum absolute atomic E-state index is 0.277. The number of anilines is 1. The molecule has 31 heavy (non-hydrogen) atoms. The SMILES string of the molecule is CN1C=C(C(=O)NCCCc2ccccc2)C2NC(=O)N(c3ccc(Cl)cc3)C(=O)C21. The lowest BCUT2D eigenvalue weighted by molar-refractivity contribution is -0.122. The number of amides is 4. The van der Waals surface area contributed by atoms with Gasteiger partial charge in [-0.1, -0.05) is 41.9 Å². The van der Waals surface area contributed by atoms with E-state index in [0.717, 1.165) is 17.7 Å². The van der Waals surface area contributed by atoms with Crippen molar-refractivity contribution in [1.29, 1.82) is 0 Å². The second kappa shape index (κ2) is 8.81. The lowest BCUT2D eigenvalue weighted by Crippen LogP contribution is -2.65. The second-order valence-electron chi connectivity index (χ2n) is 7.62. The topological polar surface area (TPSA) is 81.8 Å². The van der Waals surface area contributed by atoms with E-state index in [2.05, 4.69) is 22.8 Å². The average molecular weight is 439 g/mol. The smallest absolute Gasteiger partial charge is 0.329 e. The molecule has 0 radical (unpaired) electrons. The summed E-state index contributed by atoms with van der Waals surface area (Å²) in [5, 5.41) is 6.23. The fraction of sp³-hybridized carbons (Fsp3) is 0.261. The van der Waals surface area contributed by atoms with Crippen LogP contribution in [0.1, 0.15) is 12.0 Å². The van der Waals surface area contributed by atoms with Gasteiger partial charge in [-0.3, -0.25) is 9.59 Å². The second-order valence-corrected chi connectivity index (χ2v) is 8.05. The van der Waals surface area contributed by atoms with E-state index in [1.54, 1.807) is 42.4 Å². The van der Waals surface area contributed by atoms with Crippen molar-refractivity contribution in [3.8, 4) is 0 Å². The monoisotopic (exact) mass is 438 g/mol. The van der Waals surface area contributed by atoms with E-state index in [4.69, 9.17) is 11.6 Å². The number of rotatable bonds is 6. The highest BCUT2D eigenvalue weighted by molar-refractivity contribution is 6.30.